The van der Waals surface area contributed by atoms with Gasteiger partial charge in [0.05, 0.1) is 12.1 Å². The SMILES string of the molecule is Cc1oc(CN(C)CC2CC2C)cc1C(=O)NN. The van der Waals surface area contributed by atoms with Crippen LogP contribution in [0.1, 0.15) is 35.2 Å². The Kier molecular flexibility index (Phi) is 3.73. The minimum absolute atomic E-state index is 0.305. The summed E-state index contributed by atoms with van der Waals surface area (Å²) in [6, 6.07) is 1.77. The Hall–Kier alpha value is -1.33. The molecule has 1 heterocycles. The minimum Gasteiger partial charge on any atom is -0.464 e. The number of hydrazine groups is 1. The molecule has 0 radical (unpaired) electrons. The standard InChI is InChI=1S/C13H21N3O2/c1-8-4-10(8)6-16(3)7-11-5-12(9(2)18-11)13(17)15-14/h5,8,10H,4,6-7,14H2,1-3H3,(H,15,17). The zero-order valence-electron chi connectivity index (χ0n) is 11.2. The summed E-state index contributed by atoms with van der Waals surface area (Å²) in [4.78, 5) is 13.7. The molecule has 5 nitrogen and oxygen atoms in total. The lowest BCUT2D eigenvalue weighted by atomic mass is 10.2. The van der Waals surface area contributed by atoms with Gasteiger partial charge >= 0.3 is 0 Å². The monoisotopic (exact) mass is 251 g/mol. The number of rotatable bonds is 5. The predicted molar refractivity (Wildman–Crippen MR) is 68.7 cm³/mol. The first-order valence-electron chi connectivity index (χ1n) is 6.30. The van der Waals surface area contributed by atoms with Crippen LogP contribution in [0.5, 0.6) is 0 Å². The molecule has 1 fully saturated rings. The van der Waals surface area contributed by atoms with Crippen molar-refractivity contribution in [3.05, 3.63) is 23.2 Å². The highest BCUT2D eigenvalue weighted by Crippen LogP contribution is 2.38. The summed E-state index contributed by atoms with van der Waals surface area (Å²) in [6.07, 6.45) is 1.32. The van der Waals surface area contributed by atoms with Crippen molar-refractivity contribution in [2.75, 3.05) is 13.6 Å². The van der Waals surface area contributed by atoms with Crippen LogP contribution >= 0.6 is 0 Å². The van der Waals surface area contributed by atoms with E-state index < -0.39 is 0 Å². The Balaban J connectivity index is 1.94. The lowest BCUT2D eigenvalue weighted by molar-refractivity contribution is 0.0952. The lowest BCUT2D eigenvalue weighted by Crippen LogP contribution is -2.30. The first-order chi connectivity index (χ1) is 8.51. The van der Waals surface area contributed by atoms with Crippen molar-refractivity contribution in [2.24, 2.45) is 17.7 Å². The van der Waals surface area contributed by atoms with Crippen LogP contribution in [-0.4, -0.2) is 24.4 Å². The van der Waals surface area contributed by atoms with E-state index in [0.29, 0.717) is 11.3 Å². The van der Waals surface area contributed by atoms with Crippen LogP contribution in [0.25, 0.3) is 0 Å². The molecular formula is C13H21N3O2. The Morgan fingerprint density at radius 3 is 2.89 bits per heavy atom. The molecule has 2 atom stereocenters. The number of aryl methyl sites for hydroxylation is 1. The van der Waals surface area contributed by atoms with Gasteiger partial charge in [0.15, 0.2) is 0 Å². The smallest absolute Gasteiger partial charge is 0.268 e. The molecule has 1 aliphatic carbocycles. The van der Waals surface area contributed by atoms with E-state index in [1.165, 1.54) is 6.42 Å². The molecule has 5 heteroatoms. The highest BCUT2D eigenvalue weighted by molar-refractivity contribution is 5.94. The predicted octanol–water partition coefficient (Wildman–Crippen LogP) is 1.28. The third-order valence-electron chi connectivity index (χ3n) is 3.59. The number of nitrogen functional groups attached to an aromatic ring is 1. The maximum atomic E-state index is 11.5. The average Bonchev–Trinajstić information content (AvgIpc) is 2.85. The Morgan fingerprint density at radius 1 is 1.67 bits per heavy atom. The molecule has 18 heavy (non-hydrogen) atoms. The summed E-state index contributed by atoms with van der Waals surface area (Å²) in [6.45, 7) is 5.86. The third kappa shape index (κ3) is 2.91. The van der Waals surface area contributed by atoms with Crippen LogP contribution < -0.4 is 11.3 Å². The van der Waals surface area contributed by atoms with Crippen LogP contribution in [0.15, 0.2) is 10.5 Å². The molecule has 100 valence electrons. The fourth-order valence-corrected chi connectivity index (χ4v) is 2.31. The number of carbonyl (C=O) groups is 1. The van der Waals surface area contributed by atoms with E-state index in [1.54, 1.807) is 13.0 Å². The number of nitrogens with one attached hydrogen (secondary N) is 1. The quantitative estimate of drug-likeness (QED) is 0.470. The van der Waals surface area contributed by atoms with E-state index >= 15 is 0 Å². The van der Waals surface area contributed by atoms with Gasteiger partial charge in [-0.05, 0) is 38.3 Å². The number of furan rings is 1. The van der Waals surface area contributed by atoms with Crippen molar-refractivity contribution >= 4 is 5.91 Å². The number of hydrogen-bond acceptors (Lipinski definition) is 4. The Labute approximate surface area is 107 Å². The van der Waals surface area contributed by atoms with Crippen molar-refractivity contribution in [3.63, 3.8) is 0 Å². The first kappa shape index (κ1) is 13.1. The molecule has 0 aliphatic heterocycles. The van der Waals surface area contributed by atoms with Crippen molar-refractivity contribution < 1.29 is 9.21 Å². The van der Waals surface area contributed by atoms with Gasteiger partial charge < -0.3 is 4.42 Å². The zero-order valence-corrected chi connectivity index (χ0v) is 11.2. The molecule has 1 aromatic rings. The van der Waals surface area contributed by atoms with E-state index in [0.717, 1.165) is 30.7 Å². The minimum atomic E-state index is -0.305. The summed E-state index contributed by atoms with van der Waals surface area (Å²) in [5, 5.41) is 0. The van der Waals surface area contributed by atoms with Crippen LogP contribution in [0.4, 0.5) is 0 Å². The molecule has 0 spiro atoms. The van der Waals surface area contributed by atoms with Gasteiger partial charge in [-0.1, -0.05) is 6.92 Å². The molecule has 0 saturated heterocycles. The van der Waals surface area contributed by atoms with Gasteiger partial charge in [0.1, 0.15) is 11.5 Å². The fraction of sp³-hybridized carbons (Fsp3) is 0.615. The maximum absolute atomic E-state index is 11.5. The Bertz CT molecular complexity index is 441. The molecule has 0 aromatic carbocycles. The molecule has 0 bridgehead atoms. The number of nitrogens with zero attached hydrogens (tertiary/aromatic N) is 1. The maximum Gasteiger partial charge on any atom is 0.268 e. The molecule has 1 aliphatic rings. The molecule has 1 saturated carbocycles. The van der Waals surface area contributed by atoms with E-state index in [-0.39, 0.29) is 5.91 Å². The summed E-state index contributed by atoms with van der Waals surface area (Å²) in [5.74, 6) is 7.90. The second kappa shape index (κ2) is 5.12. The summed E-state index contributed by atoms with van der Waals surface area (Å²) >= 11 is 0. The zero-order chi connectivity index (χ0) is 13.3. The van der Waals surface area contributed by atoms with Crippen molar-refractivity contribution in [1.82, 2.24) is 10.3 Å². The first-order valence-corrected chi connectivity index (χ1v) is 6.30. The van der Waals surface area contributed by atoms with Gasteiger partial charge in [-0.25, -0.2) is 5.84 Å². The highest BCUT2D eigenvalue weighted by Gasteiger charge is 2.33. The highest BCUT2D eigenvalue weighted by atomic mass is 16.3. The number of nitrogens with two attached hydrogens (primary N) is 1. The van der Waals surface area contributed by atoms with Crippen molar-refractivity contribution in [2.45, 2.75) is 26.8 Å². The van der Waals surface area contributed by atoms with Crippen molar-refractivity contribution in [3.8, 4) is 0 Å². The van der Waals surface area contributed by atoms with Crippen LogP contribution in [0.2, 0.25) is 0 Å². The molecule has 1 amide bonds. The lowest BCUT2D eigenvalue weighted by Gasteiger charge is -2.14. The van der Waals surface area contributed by atoms with Gasteiger partial charge in [0.25, 0.3) is 5.91 Å². The van der Waals surface area contributed by atoms with Gasteiger partial charge in [0, 0.05) is 6.54 Å². The Morgan fingerprint density at radius 2 is 2.33 bits per heavy atom. The topological polar surface area (TPSA) is 71.5 Å². The number of carbonyl (C=O) groups excluding carboxylic acids is 1. The van der Waals surface area contributed by atoms with Gasteiger partial charge in [-0.3, -0.25) is 15.1 Å². The van der Waals surface area contributed by atoms with E-state index in [2.05, 4.69) is 24.3 Å². The third-order valence-corrected chi connectivity index (χ3v) is 3.59. The summed E-state index contributed by atoms with van der Waals surface area (Å²) in [7, 11) is 2.07. The largest absolute Gasteiger partial charge is 0.464 e. The van der Waals surface area contributed by atoms with E-state index in [9.17, 15) is 4.79 Å². The van der Waals surface area contributed by atoms with E-state index in [1.807, 2.05) is 0 Å². The molecule has 1 aromatic heterocycles. The second-order valence-electron chi connectivity index (χ2n) is 5.33. The van der Waals surface area contributed by atoms with Gasteiger partial charge in [-0.15, -0.1) is 0 Å². The summed E-state index contributed by atoms with van der Waals surface area (Å²) < 4.78 is 5.58. The molecular weight excluding hydrogens is 230 g/mol. The summed E-state index contributed by atoms with van der Waals surface area (Å²) in [5.41, 5.74) is 2.64. The van der Waals surface area contributed by atoms with Gasteiger partial charge in [-0.2, -0.15) is 0 Å². The fourth-order valence-electron chi connectivity index (χ4n) is 2.31. The normalized spacial score (nSPS) is 22.3. The molecule has 2 unspecified atom stereocenters. The number of amides is 1. The average molecular weight is 251 g/mol. The number of hydrogen-bond donors (Lipinski definition) is 2. The van der Waals surface area contributed by atoms with Crippen LogP contribution in [0, 0.1) is 18.8 Å². The molecule has 2 rings (SSSR count). The van der Waals surface area contributed by atoms with Crippen LogP contribution in [0.3, 0.4) is 0 Å². The second-order valence-corrected chi connectivity index (χ2v) is 5.33. The van der Waals surface area contributed by atoms with Crippen molar-refractivity contribution in [1.29, 1.82) is 0 Å². The van der Waals surface area contributed by atoms with E-state index in [4.69, 9.17) is 10.3 Å². The van der Waals surface area contributed by atoms with Crippen LogP contribution in [-0.2, 0) is 6.54 Å². The molecule has 3 N–H and O–H groups in total. The van der Waals surface area contributed by atoms with Gasteiger partial charge in [0.2, 0.25) is 0 Å².